The van der Waals surface area contributed by atoms with Gasteiger partial charge in [0.15, 0.2) is 4.77 Å². The molecule has 2 unspecified atom stereocenters. The Hall–Kier alpha value is -2.87. The van der Waals surface area contributed by atoms with Crippen LogP contribution in [0.4, 0.5) is 18.9 Å². The normalized spacial score (nSPS) is 18.7. The number of amides is 1. The van der Waals surface area contributed by atoms with Gasteiger partial charge in [-0.1, -0.05) is 24.3 Å². The maximum atomic E-state index is 13.2. The molecule has 3 aromatic rings. The standard InChI is InChI=1S/C20H16F3N3OS/c21-20(22,23)17-7-2-1-6-14(17)15-11-16(15)18(27)25-12-4-3-5-13(10-12)26-9-8-24-19(26)28/h1-10,15-16H,11H2,(H,24,28)(H,25,27). The minimum atomic E-state index is -4.43. The molecular formula is C20H16F3N3OS. The van der Waals surface area contributed by atoms with E-state index < -0.39 is 23.6 Å². The maximum absolute atomic E-state index is 13.2. The van der Waals surface area contributed by atoms with Crippen molar-refractivity contribution in [2.45, 2.75) is 18.5 Å². The van der Waals surface area contributed by atoms with Gasteiger partial charge in [-0.2, -0.15) is 13.2 Å². The molecular weight excluding hydrogens is 387 g/mol. The monoisotopic (exact) mass is 403 g/mol. The van der Waals surface area contributed by atoms with Gasteiger partial charge in [0.25, 0.3) is 0 Å². The number of hydrogen-bond acceptors (Lipinski definition) is 2. The molecule has 2 aromatic carbocycles. The van der Waals surface area contributed by atoms with Crippen molar-refractivity contribution in [3.05, 3.63) is 76.8 Å². The molecule has 1 aromatic heterocycles. The third-order valence-corrected chi connectivity index (χ3v) is 5.15. The van der Waals surface area contributed by atoms with E-state index in [2.05, 4.69) is 10.3 Å². The van der Waals surface area contributed by atoms with Crippen molar-refractivity contribution in [2.75, 3.05) is 5.32 Å². The Kier molecular flexibility index (Phi) is 4.58. The molecule has 28 heavy (non-hydrogen) atoms. The lowest BCUT2D eigenvalue weighted by Crippen LogP contribution is -2.16. The highest BCUT2D eigenvalue weighted by Gasteiger charge is 2.47. The number of halogens is 3. The van der Waals surface area contributed by atoms with E-state index in [9.17, 15) is 18.0 Å². The van der Waals surface area contributed by atoms with Gasteiger partial charge in [0.2, 0.25) is 5.91 Å². The molecule has 0 saturated heterocycles. The van der Waals surface area contributed by atoms with Crippen LogP contribution in [-0.4, -0.2) is 15.5 Å². The lowest BCUT2D eigenvalue weighted by atomic mass is 10.0. The summed E-state index contributed by atoms with van der Waals surface area (Å²) in [7, 11) is 0. The van der Waals surface area contributed by atoms with Gasteiger partial charge in [0.05, 0.1) is 5.56 Å². The lowest BCUT2D eigenvalue weighted by molar-refractivity contribution is -0.138. The van der Waals surface area contributed by atoms with E-state index in [1.54, 1.807) is 41.2 Å². The first-order valence-corrected chi connectivity index (χ1v) is 9.09. The molecule has 4 rings (SSSR count). The van der Waals surface area contributed by atoms with Crippen LogP contribution in [0.2, 0.25) is 0 Å². The summed E-state index contributed by atoms with van der Waals surface area (Å²) in [4.78, 5) is 15.5. The maximum Gasteiger partial charge on any atom is 0.416 e. The second-order valence-electron chi connectivity index (χ2n) is 6.71. The van der Waals surface area contributed by atoms with E-state index in [0.29, 0.717) is 16.9 Å². The third-order valence-electron chi connectivity index (χ3n) is 4.83. The highest BCUT2D eigenvalue weighted by molar-refractivity contribution is 7.71. The highest BCUT2D eigenvalue weighted by Crippen LogP contribution is 2.51. The number of nitrogens with zero attached hydrogens (tertiary/aromatic N) is 1. The van der Waals surface area contributed by atoms with Crippen molar-refractivity contribution in [1.29, 1.82) is 0 Å². The summed E-state index contributed by atoms with van der Waals surface area (Å²) in [6.07, 6.45) is -0.541. The van der Waals surface area contributed by atoms with Gasteiger partial charge in [0, 0.05) is 29.7 Å². The van der Waals surface area contributed by atoms with E-state index in [1.807, 2.05) is 6.07 Å². The Morgan fingerprint density at radius 1 is 1.18 bits per heavy atom. The molecule has 0 spiro atoms. The second-order valence-corrected chi connectivity index (χ2v) is 7.10. The number of aromatic amines is 1. The van der Waals surface area contributed by atoms with Gasteiger partial charge in [0.1, 0.15) is 0 Å². The molecule has 1 aliphatic carbocycles. The van der Waals surface area contributed by atoms with Crippen LogP contribution in [0.5, 0.6) is 0 Å². The number of anilines is 1. The number of H-pyrrole nitrogens is 1. The summed E-state index contributed by atoms with van der Waals surface area (Å²) in [5.74, 6) is -1.17. The Morgan fingerprint density at radius 2 is 1.96 bits per heavy atom. The average Bonchev–Trinajstić information content (AvgIpc) is 3.35. The Bertz CT molecular complexity index is 1090. The predicted molar refractivity (Wildman–Crippen MR) is 102 cm³/mol. The Balaban J connectivity index is 1.50. The zero-order chi connectivity index (χ0) is 19.9. The smallest absolute Gasteiger partial charge is 0.337 e. The summed E-state index contributed by atoms with van der Waals surface area (Å²) in [5.41, 5.74) is 0.862. The van der Waals surface area contributed by atoms with Crippen molar-refractivity contribution in [2.24, 2.45) is 5.92 Å². The van der Waals surface area contributed by atoms with Crippen LogP contribution in [0.15, 0.2) is 60.9 Å². The predicted octanol–water partition coefficient (Wildman–Crippen LogP) is 5.30. The van der Waals surface area contributed by atoms with Gasteiger partial charge >= 0.3 is 6.18 Å². The molecule has 0 radical (unpaired) electrons. The Labute approximate surface area is 164 Å². The first-order valence-electron chi connectivity index (χ1n) is 8.68. The molecule has 0 bridgehead atoms. The van der Waals surface area contributed by atoms with Crippen molar-refractivity contribution in [3.63, 3.8) is 0 Å². The van der Waals surface area contributed by atoms with Crippen LogP contribution < -0.4 is 5.32 Å². The summed E-state index contributed by atoms with van der Waals surface area (Å²) < 4.78 is 41.9. The highest BCUT2D eigenvalue weighted by atomic mass is 32.1. The number of alkyl halides is 3. The molecule has 1 amide bonds. The average molecular weight is 403 g/mol. The van der Waals surface area contributed by atoms with Crippen molar-refractivity contribution in [3.8, 4) is 5.69 Å². The van der Waals surface area contributed by atoms with Crippen molar-refractivity contribution < 1.29 is 18.0 Å². The van der Waals surface area contributed by atoms with E-state index >= 15 is 0 Å². The fraction of sp³-hybridized carbons (Fsp3) is 0.200. The third kappa shape index (κ3) is 3.60. The zero-order valence-electron chi connectivity index (χ0n) is 14.5. The van der Waals surface area contributed by atoms with Gasteiger partial charge in [-0.3, -0.25) is 9.36 Å². The van der Waals surface area contributed by atoms with Crippen LogP contribution >= 0.6 is 12.2 Å². The Morgan fingerprint density at radius 3 is 2.68 bits per heavy atom. The summed E-state index contributed by atoms with van der Waals surface area (Å²) in [6, 6.07) is 12.6. The molecule has 1 aliphatic rings. The van der Waals surface area contributed by atoms with E-state index in [-0.39, 0.29) is 11.5 Å². The van der Waals surface area contributed by atoms with Crippen LogP contribution in [0.1, 0.15) is 23.5 Å². The van der Waals surface area contributed by atoms with Gasteiger partial charge in [-0.05, 0) is 54.4 Å². The zero-order valence-corrected chi connectivity index (χ0v) is 15.3. The van der Waals surface area contributed by atoms with Gasteiger partial charge in [-0.15, -0.1) is 0 Å². The molecule has 1 fully saturated rings. The van der Waals surface area contributed by atoms with Crippen LogP contribution in [-0.2, 0) is 11.0 Å². The largest absolute Gasteiger partial charge is 0.416 e. The van der Waals surface area contributed by atoms with Crippen molar-refractivity contribution >= 4 is 23.8 Å². The minimum Gasteiger partial charge on any atom is -0.337 e. The molecule has 4 nitrogen and oxygen atoms in total. The van der Waals surface area contributed by atoms with E-state index in [0.717, 1.165) is 11.8 Å². The topological polar surface area (TPSA) is 49.8 Å². The number of benzene rings is 2. The number of imidazole rings is 1. The summed E-state index contributed by atoms with van der Waals surface area (Å²) in [5, 5.41) is 2.81. The van der Waals surface area contributed by atoms with Gasteiger partial charge in [-0.25, -0.2) is 0 Å². The fourth-order valence-electron chi connectivity index (χ4n) is 3.40. The van der Waals surface area contributed by atoms with Crippen molar-refractivity contribution in [1.82, 2.24) is 9.55 Å². The minimum absolute atomic E-state index is 0.183. The number of rotatable bonds is 4. The molecule has 2 N–H and O–H groups in total. The fourth-order valence-corrected chi connectivity index (χ4v) is 3.63. The van der Waals surface area contributed by atoms with Crippen LogP contribution in [0, 0.1) is 10.7 Å². The lowest BCUT2D eigenvalue weighted by Gasteiger charge is -2.12. The van der Waals surface area contributed by atoms with Crippen LogP contribution in [0.25, 0.3) is 5.69 Å². The van der Waals surface area contributed by atoms with E-state index in [1.165, 1.54) is 12.1 Å². The number of hydrogen-bond donors (Lipinski definition) is 2. The number of nitrogens with one attached hydrogen (secondary N) is 2. The summed E-state index contributed by atoms with van der Waals surface area (Å²) in [6.45, 7) is 0. The number of aromatic nitrogens is 2. The van der Waals surface area contributed by atoms with Crippen LogP contribution in [0.3, 0.4) is 0 Å². The number of carbonyl (C=O) groups is 1. The quantitative estimate of drug-likeness (QED) is 0.581. The second kappa shape index (κ2) is 6.94. The molecule has 1 saturated carbocycles. The molecule has 8 heteroatoms. The molecule has 0 aliphatic heterocycles. The molecule has 1 heterocycles. The first kappa shape index (κ1) is 18.5. The SMILES string of the molecule is O=C(Nc1cccc(-n2cc[nH]c2=S)c1)C1CC1c1ccccc1C(F)(F)F. The molecule has 2 atom stereocenters. The molecule has 144 valence electrons. The van der Waals surface area contributed by atoms with E-state index in [4.69, 9.17) is 12.2 Å². The first-order chi connectivity index (χ1) is 13.3. The number of carbonyl (C=O) groups excluding carboxylic acids is 1. The van der Waals surface area contributed by atoms with Gasteiger partial charge < -0.3 is 10.3 Å². The summed E-state index contributed by atoms with van der Waals surface area (Å²) >= 11 is 5.19.